The second-order valence-electron chi connectivity index (χ2n) is 6.50. The molecule has 7 nitrogen and oxygen atoms in total. The summed E-state index contributed by atoms with van der Waals surface area (Å²) in [4.78, 5) is 30.1. The number of imidazole rings is 2. The number of hydrogen-bond donors (Lipinski definition) is 0. The molecule has 0 N–H and O–H groups in total. The van der Waals surface area contributed by atoms with E-state index in [2.05, 4.69) is 23.4 Å². The molecule has 3 aromatic heterocycles. The molecule has 0 fully saturated rings. The largest absolute Gasteiger partial charge is 0.332 e. The van der Waals surface area contributed by atoms with Crippen LogP contribution in [-0.4, -0.2) is 23.1 Å². The molecule has 0 aliphatic heterocycles. The highest BCUT2D eigenvalue weighted by atomic mass is 16.2. The zero-order chi connectivity index (χ0) is 17.6. The molecule has 0 spiro atoms. The van der Waals surface area contributed by atoms with Crippen molar-refractivity contribution in [1.82, 2.24) is 23.1 Å². The van der Waals surface area contributed by atoms with Crippen molar-refractivity contribution in [3.05, 3.63) is 32.7 Å². The zero-order valence-corrected chi connectivity index (χ0v) is 15.0. The summed E-state index contributed by atoms with van der Waals surface area (Å²) >= 11 is 0. The molecule has 0 bridgehead atoms. The quantitative estimate of drug-likeness (QED) is 0.720. The van der Waals surface area contributed by atoms with Crippen molar-refractivity contribution in [2.75, 3.05) is 0 Å². The number of aryl methyl sites for hydroxylation is 2. The van der Waals surface area contributed by atoms with Gasteiger partial charge >= 0.3 is 5.69 Å². The van der Waals surface area contributed by atoms with Crippen LogP contribution in [-0.2, 0) is 13.6 Å². The van der Waals surface area contributed by atoms with Crippen molar-refractivity contribution in [1.29, 1.82) is 0 Å². The van der Waals surface area contributed by atoms with E-state index >= 15 is 0 Å². The minimum absolute atomic E-state index is 0.254. The second-order valence-corrected chi connectivity index (χ2v) is 6.50. The molecule has 0 aliphatic rings. The highest BCUT2D eigenvalue weighted by molar-refractivity contribution is 5.75. The van der Waals surface area contributed by atoms with Crippen molar-refractivity contribution in [2.24, 2.45) is 7.05 Å². The van der Waals surface area contributed by atoms with Gasteiger partial charge in [0.2, 0.25) is 5.78 Å². The summed E-state index contributed by atoms with van der Waals surface area (Å²) in [6, 6.07) is 0.277. The van der Waals surface area contributed by atoms with Gasteiger partial charge in [0.25, 0.3) is 5.56 Å². The summed E-state index contributed by atoms with van der Waals surface area (Å²) in [6.45, 7) is 8.75. The predicted molar refractivity (Wildman–Crippen MR) is 94.8 cm³/mol. The fourth-order valence-corrected chi connectivity index (χ4v) is 3.27. The third-order valence-corrected chi connectivity index (χ3v) is 4.84. The van der Waals surface area contributed by atoms with E-state index < -0.39 is 0 Å². The van der Waals surface area contributed by atoms with Gasteiger partial charge in [0, 0.05) is 31.5 Å². The van der Waals surface area contributed by atoms with Crippen LogP contribution in [0, 0.1) is 6.92 Å². The number of unbranched alkanes of at least 4 members (excludes halogenated alkanes) is 1. The van der Waals surface area contributed by atoms with E-state index in [1.54, 1.807) is 7.05 Å². The second kappa shape index (κ2) is 5.96. The fraction of sp³-hybridized carbons (Fsp3) is 0.588. The molecule has 0 radical (unpaired) electrons. The lowest BCUT2D eigenvalue weighted by Gasteiger charge is -2.12. The van der Waals surface area contributed by atoms with Gasteiger partial charge < -0.3 is 4.57 Å². The lowest BCUT2D eigenvalue weighted by molar-refractivity contribution is 0.532. The van der Waals surface area contributed by atoms with Crippen LogP contribution in [0.4, 0.5) is 0 Å². The van der Waals surface area contributed by atoms with Crippen LogP contribution in [0.1, 0.15) is 51.8 Å². The molecular formula is C17H25N5O2. The molecule has 0 saturated carbocycles. The Labute approximate surface area is 140 Å². The number of rotatable bonds is 5. The smallest absolute Gasteiger partial charge is 0.311 e. The van der Waals surface area contributed by atoms with Crippen LogP contribution >= 0.6 is 0 Å². The average molecular weight is 331 g/mol. The first-order valence-electron chi connectivity index (χ1n) is 8.61. The fourth-order valence-electron chi connectivity index (χ4n) is 3.27. The molecule has 0 unspecified atom stereocenters. The molecule has 7 heteroatoms. The monoisotopic (exact) mass is 331 g/mol. The molecule has 0 aliphatic carbocycles. The number of aromatic nitrogens is 5. The summed E-state index contributed by atoms with van der Waals surface area (Å²) in [6.07, 6.45) is 4.63. The van der Waals surface area contributed by atoms with Crippen molar-refractivity contribution in [3.63, 3.8) is 0 Å². The van der Waals surface area contributed by atoms with E-state index in [9.17, 15) is 9.59 Å². The Kier molecular flexibility index (Phi) is 4.11. The standard InChI is InChI=1S/C17H25N5O2/c1-6-8-9-20-15(23)13-14(19(5)17(20)24)18-16-21(13)10-12(4)22(16)11(3)7-2/h10-11H,6-9H2,1-5H3/t11-/m1/s1. The van der Waals surface area contributed by atoms with Crippen molar-refractivity contribution in [3.8, 4) is 0 Å². The average Bonchev–Trinajstić information content (AvgIpc) is 3.06. The van der Waals surface area contributed by atoms with Gasteiger partial charge in [0.1, 0.15) is 0 Å². The number of nitrogens with zero attached hydrogens (tertiary/aromatic N) is 5. The van der Waals surface area contributed by atoms with E-state index in [-0.39, 0.29) is 17.3 Å². The summed E-state index contributed by atoms with van der Waals surface area (Å²) in [5.41, 5.74) is 1.43. The first-order chi connectivity index (χ1) is 11.4. The van der Waals surface area contributed by atoms with Gasteiger partial charge in [-0.25, -0.2) is 4.79 Å². The molecule has 0 aromatic carbocycles. The molecule has 3 rings (SSSR count). The van der Waals surface area contributed by atoms with E-state index in [0.717, 1.165) is 30.7 Å². The maximum absolute atomic E-state index is 12.9. The van der Waals surface area contributed by atoms with E-state index in [1.165, 1.54) is 9.13 Å². The zero-order valence-electron chi connectivity index (χ0n) is 15.0. The molecule has 3 heterocycles. The molecular weight excluding hydrogens is 306 g/mol. The topological polar surface area (TPSA) is 66.2 Å². The molecule has 24 heavy (non-hydrogen) atoms. The van der Waals surface area contributed by atoms with Crippen molar-refractivity contribution >= 4 is 16.9 Å². The summed E-state index contributed by atoms with van der Waals surface area (Å²) in [5.74, 6) is 0.720. The maximum atomic E-state index is 12.9. The normalized spacial score (nSPS) is 13.2. The first-order valence-corrected chi connectivity index (χ1v) is 8.61. The Morgan fingerprint density at radius 1 is 1.25 bits per heavy atom. The van der Waals surface area contributed by atoms with Crippen LogP contribution in [0.25, 0.3) is 16.9 Å². The third-order valence-electron chi connectivity index (χ3n) is 4.84. The SMILES string of the molecule is CCCCn1c(=O)c2c(nc3n([C@H](C)CC)c(C)cn23)n(C)c1=O. The number of hydrogen-bond acceptors (Lipinski definition) is 3. The Bertz CT molecular complexity index is 1020. The molecule has 3 aromatic rings. The third kappa shape index (κ3) is 2.22. The van der Waals surface area contributed by atoms with Gasteiger partial charge in [-0.1, -0.05) is 20.3 Å². The van der Waals surface area contributed by atoms with Gasteiger partial charge in [0.15, 0.2) is 11.2 Å². The number of fused-ring (bicyclic) bond motifs is 3. The molecule has 1 atom stereocenters. The Morgan fingerprint density at radius 3 is 2.58 bits per heavy atom. The van der Waals surface area contributed by atoms with Gasteiger partial charge in [-0.15, -0.1) is 0 Å². The summed E-state index contributed by atoms with van der Waals surface area (Å²) < 4.78 is 6.77. The van der Waals surface area contributed by atoms with Crippen LogP contribution < -0.4 is 11.2 Å². The minimum atomic E-state index is -0.298. The molecule has 0 amide bonds. The van der Waals surface area contributed by atoms with Gasteiger partial charge in [-0.2, -0.15) is 4.98 Å². The van der Waals surface area contributed by atoms with Crippen LogP contribution in [0.2, 0.25) is 0 Å². The highest BCUT2D eigenvalue weighted by Gasteiger charge is 2.21. The molecule has 0 saturated heterocycles. The van der Waals surface area contributed by atoms with Crippen LogP contribution in [0.5, 0.6) is 0 Å². The van der Waals surface area contributed by atoms with Gasteiger partial charge in [-0.3, -0.25) is 18.3 Å². The first kappa shape index (κ1) is 16.5. The minimum Gasteiger partial charge on any atom is -0.311 e. The predicted octanol–water partition coefficient (Wildman–Crippen LogP) is 2.23. The maximum Gasteiger partial charge on any atom is 0.332 e. The Hall–Kier alpha value is -2.31. The Balaban J connectivity index is 2.42. The van der Waals surface area contributed by atoms with Crippen molar-refractivity contribution in [2.45, 2.75) is 59.5 Å². The summed E-state index contributed by atoms with van der Waals surface area (Å²) in [7, 11) is 1.68. The highest BCUT2D eigenvalue weighted by Crippen LogP contribution is 2.22. The molecule has 130 valence electrons. The van der Waals surface area contributed by atoms with Crippen LogP contribution in [0.3, 0.4) is 0 Å². The lowest BCUT2D eigenvalue weighted by Crippen LogP contribution is -2.39. The van der Waals surface area contributed by atoms with Gasteiger partial charge in [0.05, 0.1) is 0 Å². The van der Waals surface area contributed by atoms with E-state index in [1.807, 2.05) is 24.4 Å². The van der Waals surface area contributed by atoms with Gasteiger partial charge in [-0.05, 0) is 26.7 Å². The van der Waals surface area contributed by atoms with E-state index in [4.69, 9.17) is 0 Å². The lowest BCUT2D eigenvalue weighted by atomic mass is 10.2. The van der Waals surface area contributed by atoms with Crippen molar-refractivity contribution < 1.29 is 0 Å². The van der Waals surface area contributed by atoms with Crippen LogP contribution in [0.15, 0.2) is 15.8 Å². The summed E-state index contributed by atoms with van der Waals surface area (Å²) in [5, 5.41) is 0. The van der Waals surface area contributed by atoms with E-state index in [0.29, 0.717) is 17.7 Å². The Morgan fingerprint density at radius 2 is 1.96 bits per heavy atom.